The van der Waals surface area contributed by atoms with E-state index in [0.29, 0.717) is 9.75 Å². The van der Waals surface area contributed by atoms with Gasteiger partial charge >= 0.3 is 5.97 Å². The molecule has 0 saturated carbocycles. The first kappa shape index (κ1) is 93.0. The Balaban J connectivity index is 0.964. The van der Waals surface area contributed by atoms with Crippen molar-refractivity contribution in [2.75, 3.05) is 20.2 Å². The normalized spacial score (nSPS) is 29.6. The summed E-state index contributed by atoms with van der Waals surface area (Å²) in [6.45, 7) is 5.16. The third-order valence-electron chi connectivity index (χ3n) is 22.1. The molecule has 676 valence electrons. The second-order valence-electron chi connectivity index (χ2n) is 31.9. The molecule has 24 N–H and O–H groups in total. The number of rotatable bonds is 20. The van der Waals surface area contributed by atoms with Gasteiger partial charge in [0.1, 0.15) is 132 Å². The lowest BCUT2D eigenvalue weighted by molar-refractivity contribution is -0.350. The fourth-order valence-corrected chi connectivity index (χ4v) is 17.1. The smallest absolute Gasteiger partial charge is 0.330 e. The summed E-state index contributed by atoms with van der Waals surface area (Å²) in [6.07, 6.45) is -29.7. The van der Waals surface area contributed by atoms with E-state index >= 15 is 24.0 Å². The van der Waals surface area contributed by atoms with Crippen LogP contribution in [0.25, 0.3) is 21.6 Å². The van der Waals surface area contributed by atoms with Crippen LogP contribution in [-0.4, -0.2) is 238 Å². The number of aliphatic hydroxyl groups excluding tert-OH is 8. The molecule has 38 nitrogen and oxygen atoms in total. The van der Waals surface area contributed by atoms with Crippen LogP contribution < -0.4 is 68.2 Å². The maximum Gasteiger partial charge on any atom is 0.330 e. The molecule has 0 radical (unpaired) electrons. The van der Waals surface area contributed by atoms with Crippen molar-refractivity contribution in [2.45, 2.75) is 193 Å². The Morgan fingerprint density at radius 3 is 1.93 bits per heavy atom. The SMILES string of the molecule is CN[C@H](CC(C)C)C(=O)N[C@H]1C(=O)N[C@@H](CC(N)=O)C(=O)N[C@H]2C(=O)N[C@H]3C(=O)N[C@H](C(=O)N[C@@H](C(=O)O)c4cc(O)cc(O)c4-c4cc3ccc4O)[C@H](O[C@H]3C[C@](C)(N)[C@@H](O)[C@H](C)O3)c3ccc(c(Cl)c3)Oc3cc2cc(c3O[C@@H]2O[C@H](CO)[C@@H](O[C@@H]3O[C@H](CNCc4ccc(-c5cc(F)cc(F)c5)s4)[C@H](O)[C@H](O)[C@H]3O)[C@H](O)[C@H]2O)Oc2ccc(cc2Cl)[C@H]1O. The lowest BCUT2D eigenvalue weighted by atomic mass is 9.86. The monoisotopic (exact) mass is 1820 g/mol. The van der Waals surface area contributed by atoms with Crippen molar-refractivity contribution in [3.05, 3.63) is 164 Å². The highest BCUT2D eigenvalue weighted by Gasteiger charge is 2.53. The van der Waals surface area contributed by atoms with E-state index in [9.17, 15) is 84.4 Å². The third-order valence-corrected chi connectivity index (χ3v) is 23.9. The summed E-state index contributed by atoms with van der Waals surface area (Å²) in [4.78, 5) is 121. The zero-order chi connectivity index (χ0) is 91.1. The summed E-state index contributed by atoms with van der Waals surface area (Å²) >= 11 is 15.7. The molecule has 8 aliphatic rings. The predicted molar refractivity (Wildman–Crippen MR) is 436 cm³/mol. The van der Waals surface area contributed by atoms with Gasteiger partial charge in [-0.3, -0.25) is 33.6 Å². The Kier molecular flexibility index (Phi) is 28.4. The van der Waals surface area contributed by atoms with Crippen molar-refractivity contribution < 1.29 is 146 Å². The molecule has 0 unspecified atom stereocenters. The maximum absolute atomic E-state index is 16.4. The van der Waals surface area contributed by atoms with Crippen molar-refractivity contribution >= 4 is 81.9 Å². The van der Waals surface area contributed by atoms with Crippen LogP contribution in [0.5, 0.6) is 46.0 Å². The van der Waals surface area contributed by atoms with Gasteiger partial charge in [0.15, 0.2) is 30.1 Å². The van der Waals surface area contributed by atoms with Crippen molar-refractivity contribution in [1.29, 1.82) is 0 Å². The Hall–Kier alpha value is -10.6. The molecule has 9 heterocycles. The number of carboxylic acids is 1. The van der Waals surface area contributed by atoms with Crippen LogP contribution in [-0.2, 0) is 68.6 Å². The fraction of sp³-hybridized carbons (Fsp3) is 0.422. The molecule has 7 amide bonds. The Labute approximate surface area is 729 Å². The number of amides is 7. The maximum atomic E-state index is 16.4. The number of carbonyl (C=O) groups excluding carboxylic acids is 7. The molecule has 3 saturated heterocycles. The second kappa shape index (κ2) is 38.5. The fourth-order valence-electron chi connectivity index (χ4n) is 15.7. The number of hydrogen-bond donors (Lipinski definition) is 22. The highest BCUT2D eigenvalue weighted by Crippen LogP contribution is 2.51. The summed E-state index contributed by atoms with van der Waals surface area (Å²) in [6, 6.07) is 5.05. The first-order chi connectivity index (χ1) is 59.7. The van der Waals surface area contributed by atoms with Crippen LogP contribution in [0.4, 0.5) is 8.78 Å². The van der Waals surface area contributed by atoms with Gasteiger partial charge in [0.05, 0.1) is 41.3 Å². The van der Waals surface area contributed by atoms with Crippen LogP contribution in [0.2, 0.25) is 10.0 Å². The average molecular weight is 1820 g/mol. The van der Waals surface area contributed by atoms with Crippen LogP contribution in [0.1, 0.15) is 110 Å². The van der Waals surface area contributed by atoms with Gasteiger partial charge in [0.25, 0.3) is 0 Å². The Bertz CT molecular complexity index is 5290. The second-order valence-corrected chi connectivity index (χ2v) is 33.9. The van der Waals surface area contributed by atoms with Gasteiger partial charge < -0.3 is 153 Å². The number of benzene rings is 6. The van der Waals surface area contributed by atoms with Gasteiger partial charge in [0, 0.05) is 63.6 Å². The predicted octanol–water partition coefficient (Wildman–Crippen LogP) is 1.73. The zero-order valence-electron chi connectivity index (χ0n) is 67.4. The number of fused-ring (bicyclic) bond motifs is 15. The van der Waals surface area contributed by atoms with Crippen LogP contribution in [0.3, 0.4) is 0 Å². The summed E-state index contributed by atoms with van der Waals surface area (Å²) in [5, 5.41) is 159. The third kappa shape index (κ3) is 20.2. The molecule has 0 spiro atoms. The highest BCUT2D eigenvalue weighted by molar-refractivity contribution is 7.15. The van der Waals surface area contributed by atoms with Gasteiger partial charge in [-0.25, -0.2) is 13.6 Å². The molecule has 7 aromatic rings. The Morgan fingerprint density at radius 1 is 0.667 bits per heavy atom. The van der Waals surface area contributed by atoms with Crippen molar-refractivity contribution in [1.82, 2.24) is 42.5 Å². The number of aliphatic carboxylic acids is 1. The Morgan fingerprint density at radius 2 is 1.29 bits per heavy atom. The van der Waals surface area contributed by atoms with Crippen molar-refractivity contribution in [2.24, 2.45) is 17.4 Å². The number of nitrogens with one attached hydrogen (secondary N) is 8. The largest absolute Gasteiger partial charge is 0.508 e. The number of ether oxygens (including phenoxy) is 8. The van der Waals surface area contributed by atoms with Crippen LogP contribution >= 0.6 is 34.5 Å². The van der Waals surface area contributed by atoms with Crippen LogP contribution in [0.15, 0.2) is 109 Å². The zero-order valence-corrected chi connectivity index (χ0v) is 69.7. The van der Waals surface area contributed by atoms with E-state index in [2.05, 4.69) is 42.5 Å². The minimum Gasteiger partial charge on any atom is -0.508 e. The number of thiophene rings is 1. The molecule has 43 heteroatoms. The average Bonchev–Trinajstić information content (AvgIpc) is 0.814. The van der Waals surface area contributed by atoms with E-state index in [4.69, 9.17) is 72.6 Å². The van der Waals surface area contributed by atoms with Gasteiger partial charge in [-0.1, -0.05) is 55.2 Å². The number of hydrogen-bond acceptors (Lipinski definition) is 31. The number of halogens is 4. The molecular weight excluding hydrogens is 1730 g/mol. The number of phenols is 3. The number of carboxylic acid groups (broad SMARTS) is 1. The molecule has 0 aliphatic carbocycles. The van der Waals surface area contributed by atoms with Crippen molar-refractivity contribution in [3.8, 4) is 67.6 Å². The molecule has 3 fully saturated rings. The number of aromatic hydroxyl groups is 3. The molecule has 6 aromatic carbocycles. The molecule has 8 aliphatic heterocycles. The summed E-state index contributed by atoms with van der Waals surface area (Å²) in [5.74, 6) is -18.5. The first-order valence-corrected chi connectivity index (χ1v) is 41.1. The van der Waals surface area contributed by atoms with E-state index < -0.39 is 296 Å². The molecule has 1 aromatic heterocycles. The molecule has 126 heavy (non-hydrogen) atoms. The molecule has 23 atom stereocenters. The van der Waals surface area contributed by atoms with Gasteiger partial charge in [-0.15, -0.1) is 11.3 Å². The number of nitrogens with two attached hydrogens (primary N) is 2. The topological polar surface area (TPSA) is 601 Å². The number of carbonyl (C=O) groups is 8. The molecular formula is C83H92Cl2F2N10O28S. The first-order valence-electron chi connectivity index (χ1n) is 39.6. The van der Waals surface area contributed by atoms with Crippen molar-refractivity contribution in [3.63, 3.8) is 0 Å². The van der Waals surface area contributed by atoms with Gasteiger partial charge in [0.2, 0.25) is 53.4 Å². The lowest BCUT2D eigenvalue weighted by Gasteiger charge is -2.46. The summed E-state index contributed by atoms with van der Waals surface area (Å²) < 4.78 is 79.4. The van der Waals surface area contributed by atoms with E-state index in [-0.39, 0.29) is 48.5 Å². The number of likely N-dealkylation sites (N-methyl/N-ethyl adjacent to an activating group) is 1. The highest BCUT2D eigenvalue weighted by atomic mass is 35.5. The van der Waals surface area contributed by atoms with Gasteiger partial charge in [-0.2, -0.15) is 0 Å². The minimum atomic E-state index is -2.44. The van der Waals surface area contributed by atoms with E-state index in [1.54, 1.807) is 26.0 Å². The van der Waals surface area contributed by atoms with E-state index in [1.165, 1.54) is 44.4 Å². The van der Waals surface area contributed by atoms with Gasteiger partial charge in [-0.05, 0) is 140 Å². The number of primary amides is 1. The van der Waals surface area contributed by atoms with E-state index in [1.807, 2.05) is 0 Å². The number of phenolic OH excluding ortho intramolecular Hbond substituents is 3. The summed E-state index contributed by atoms with van der Waals surface area (Å²) in [5.41, 5.74) is 8.15. The standard InChI is InChI=1S/C83H92Cl2F2N10O28S/c1-30(2)14-45(90-5)74(110)96-62-64(103)33-7-11-49(43(84)18-33)119-51-20-36-21-52(71(51)124-82-69(108)67(106)72(54(29-98)122-82)125-81-68(107)66(105)65(104)53(121-81)28-91-27-40-9-13-55(126-40)35-15-37(86)22-38(87)16-35)120-50-12-8-34(19-44(50)85)70(123-57-26-83(4,89)73(109)31(3)118-57)63-79(115)95-61(80(116)117)42-23-39(99)24-48(101)58(42)41-17-32(6-10-47(41)100)59(76(112)97-63)94-77(113)60(36)93-75(111)46(25-56(88)102)92-78(62)114/h6-13,15-24,30-31,45-46,53-54,57,59-70,72-73,81-82,90-91,98-101,103-109H,14,25-29,89H2,1-5H3,(H2,88,102)(H,92,114)(H,93,111)(H,94,113)(H,95,115)(H,96,110)(H,97,112)(H,116,117)/t31-,45+,46-,53+,54+,57-,59+,60+,61+,62+,63-,64+,65-,66-,67+,68+,69+,70+,72+,73-,81-,82-,83-/m0/s1. The quantitative estimate of drug-likeness (QED) is 0.0517. The number of aliphatic hydroxyl groups is 8. The summed E-state index contributed by atoms with van der Waals surface area (Å²) in [7, 11) is 1.45. The lowest BCUT2D eigenvalue weighted by Crippen LogP contribution is -2.65. The minimum absolute atomic E-state index is 0.0723. The van der Waals surface area contributed by atoms with E-state index in [0.717, 1.165) is 84.9 Å². The van der Waals surface area contributed by atoms with Crippen LogP contribution in [0, 0.1) is 17.6 Å². The molecule has 11 bridgehead atoms. The molecule has 15 rings (SSSR count).